The van der Waals surface area contributed by atoms with Gasteiger partial charge in [0.25, 0.3) is 0 Å². The normalized spacial score (nSPS) is 23.9. The highest BCUT2D eigenvalue weighted by Crippen LogP contribution is 2.41. The van der Waals surface area contributed by atoms with Gasteiger partial charge in [-0.15, -0.1) is 0 Å². The molecule has 2 aliphatic rings. The molecule has 1 amide bonds. The Morgan fingerprint density at radius 1 is 1.18 bits per heavy atom. The molecule has 174 valence electrons. The number of carbonyl (C=O) groups excluding carboxylic acids is 1. The van der Waals surface area contributed by atoms with Crippen LogP contribution in [0.2, 0.25) is 0 Å². The molecule has 3 aromatic rings. The maximum Gasteiger partial charge on any atom is 0.306 e. The van der Waals surface area contributed by atoms with Crippen LogP contribution in [0.5, 0.6) is 0 Å². The summed E-state index contributed by atoms with van der Waals surface area (Å²) in [7, 11) is 0. The minimum atomic E-state index is -0.702. The number of furan rings is 1. The molecule has 6 heteroatoms. The highest BCUT2D eigenvalue weighted by Gasteiger charge is 2.43. The second-order valence-electron chi connectivity index (χ2n) is 9.82. The van der Waals surface area contributed by atoms with Gasteiger partial charge in [-0.1, -0.05) is 25.5 Å². The number of likely N-dealkylation sites (tertiary alicyclic amines) is 1. The Bertz CT molecular complexity index is 1180. The number of hydrogen-bond donors (Lipinski definition) is 2. The Labute approximate surface area is 194 Å². The number of nitrogens with zero attached hydrogens (tertiary/aromatic N) is 1. The van der Waals surface area contributed by atoms with Crippen LogP contribution >= 0.6 is 0 Å². The van der Waals surface area contributed by atoms with E-state index >= 15 is 0 Å². The van der Waals surface area contributed by atoms with Crippen LogP contribution in [0.15, 0.2) is 40.9 Å². The average molecular weight is 449 g/mol. The number of H-pyrrole nitrogens is 1. The van der Waals surface area contributed by atoms with E-state index in [0.29, 0.717) is 6.42 Å². The van der Waals surface area contributed by atoms with Crippen LogP contribution < -0.4 is 0 Å². The molecule has 33 heavy (non-hydrogen) atoms. The van der Waals surface area contributed by atoms with Crippen molar-refractivity contribution in [2.24, 2.45) is 11.8 Å². The van der Waals surface area contributed by atoms with Gasteiger partial charge in [0.1, 0.15) is 11.5 Å². The van der Waals surface area contributed by atoms with Gasteiger partial charge in [-0.25, -0.2) is 0 Å². The standard InChI is InChI=1S/C27H32N2O4/c1-16(14-25(30)29-13-5-8-18-19(27(31)32)6-4-10-23(18)29)21-15-28-22-9-3-7-20(26(21)22)24-12-11-17(2)33-24/h3,7,9,11-12,15-16,18-19,23,28H,4-6,8,10,13-14H2,1-2H3,(H,31,32). The number of amides is 1. The molecule has 2 N–H and O–H groups in total. The van der Waals surface area contributed by atoms with Crippen LogP contribution in [0.25, 0.3) is 22.2 Å². The third-order valence-corrected chi connectivity index (χ3v) is 7.75. The number of nitrogens with one attached hydrogen (secondary N) is 1. The Hall–Kier alpha value is -3.02. The van der Waals surface area contributed by atoms with E-state index in [4.69, 9.17) is 4.42 Å². The lowest BCUT2D eigenvalue weighted by Crippen LogP contribution is -2.53. The molecule has 2 fully saturated rings. The Kier molecular flexibility index (Phi) is 5.77. The molecular formula is C27H32N2O4. The molecule has 1 aromatic carbocycles. The summed E-state index contributed by atoms with van der Waals surface area (Å²) >= 11 is 0. The number of aromatic nitrogens is 1. The van der Waals surface area contributed by atoms with Crippen LogP contribution in [0.4, 0.5) is 0 Å². The van der Waals surface area contributed by atoms with E-state index in [1.165, 1.54) is 0 Å². The van der Waals surface area contributed by atoms with Crippen molar-refractivity contribution >= 4 is 22.8 Å². The summed E-state index contributed by atoms with van der Waals surface area (Å²) in [6.07, 6.45) is 6.77. The van der Waals surface area contributed by atoms with E-state index in [2.05, 4.69) is 24.0 Å². The highest BCUT2D eigenvalue weighted by molar-refractivity contribution is 5.97. The molecule has 1 saturated carbocycles. The van der Waals surface area contributed by atoms with Crippen LogP contribution in [-0.2, 0) is 9.59 Å². The monoisotopic (exact) mass is 448 g/mol. The lowest BCUT2D eigenvalue weighted by molar-refractivity contribution is -0.152. The number of hydrogen-bond acceptors (Lipinski definition) is 3. The predicted octanol–water partition coefficient (Wildman–Crippen LogP) is 5.72. The number of rotatable bonds is 5. The first-order chi connectivity index (χ1) is 15.9. The predicted molar refractivity (Wildman–Crippen MR) is 127 cm³/mol. The molecule has 5 rings (SSSR count). The molecule has 0 spiro atoms. The lowest BCUT2D eigenvalue weighted by Gasteiger charge is -2.46. The number of aryl methyl sites for hydroxylation is 1. The van der Waals surface area contributed by atoms with Gasteiger partial charge in [0.05, 0.1) is 5.92 Å². The molecule has 1 aliphatic heterocycles. The zero-order valence-corrected chi connectivity index (χ0v) is 19.3. The Morgan fingerprint density at radius 3 is 2.79 bits per heavy atom. The van der Waals surface area contributed by atoms with Crippen LogP contribution in [0.3, 0.4) is 0 Å². The number of piperidine rings is 1. The third kappa shape index (κ3) is 3.96. The van der Waals surface area contributed by atoms with Crippen LogP contribution in [0, 0.1) is 18.8 Å². The molecule has 1 aliphatic carbocycles. The molecule has 6 nitrogen and oxygen atoms in total. The van der Waals surface area contributed by atoms with Crippen molar-refractivity contribution in [3.63, 3.8) is 0 Å². The van der Waals surface area contributed by atoms with Gasteiger partial charge in [0.2, 0.25) is 5.91 Å². The summed E-state index contributed by atoms with van der Waals surface area (Å²) in [5, 5.41) is 10.8. The second kappa shape index (κ2) is 8.73. The van der Waals surface area contributed by atoms with Crippen molar-refractivity contribution in [3.05, 3.63) is 47.9 Å². The SMILES string of the molecule is Cc1ccc(-c2cccc3[nH]cc(C(C)CC(=O)N4CCCC5C(C(=O)O)CCCC54)c23)o1. The lowest BCUT2D eigenvalue weighted by atomic mass is 9.71. The van der Waals surface area contributed by atoms with Gasteiger partial charge in [-0.3, -0.25) is 9.59 Å². The number of carbonyl (C=O) groups is 2. The number of aromatic amines is 1. The molecular weight excluding hydrogens is 416 g/mol. The van der Waals surface area contributed by atoms with E-state index in [1.54, 1.807) is 0 Å². The van der Waals surface area contributed by atoms with Gasteiger partial charge in [0.15, 0.2) is 0 Å². The molecule has 0 bridgehead atoms. The summed E-state index contributed by atoms with van der Waals surface area (Å²) in [6, 6.07) is 10.2. The van der Waals surface area contributed by atoms with E-state index < -0.39 is 5.97 Å². The van der Waals surface area contributed by atoms with Gasteiger partial charge in [0, 0.05) is 41.7 Å². The quantitative estimate of drug-likeness (QED) is 0.522. The van der Waals surface area contributed by atoms with Crippen LogP contribution in [-0.4, -0.2) is 39.5 Å². The van der Waals surface area contributed by atoms with Crippen molar-refractivity contribution in [3.8, 4) is 11.3 Å². The molecule has 4 unspecified atom stereocenters. The van der Waals surface area contributed by atoms with E-state index in [1.807, 2.05) is 36.2 Å². The van der Waals surface area contributed by atoms with Crippen molar-refractivity contribution in [1.29, 1.82) is 0 Å². The molecule has 0 radical (unpaired) electrons. The van der Waals surface area contributed by atoms with E-state index in [0.717, 1.165) is 72.2 Å². The first-order valence-electron chi connectivity index (χ1n) is 12.1. The Balaban J connectivity index is 1.39. The van der Waals surface area contributed by atoms with Gasteiger partial charge < -0.3 is 19.4 Å². The largest absolute Gasteiger partial charge is 0.481 e. The van der Waals surface area contributed by atoms with Crippen molar-refractivity contribution in [1.82, 2.24) is 9.88 Å². The summed E-state index contributed by atoms with van der Waals surface area (Å²) < 4.78 is 5.91. The molecule has 2 aromatic heterocycles. The number of fused-ring (bicyclic) bond motifs is 2. The topological polar surface area (TPSA) is 86.5 Å². The minimum absolute atomic E-state index is 0.0303. The first kappa shape index (κ1) is 21.8. The number of carboxylic acids is 1. The maximum atomic E-state index is 13.5. The van der Waals surface area contributed by atoms with Crippen LogP contribution in [0.1, 0.15) is 62.7 Å². The second-order valence-corrected chi connectivity index (χ2v) is 9.82. The molecule has 4 atom stereocenters. The maximum absolute atomic E-state index is 13.5. The van der Waals surface area contributed by atoms with E-state index in [-0.39, 0.29) is 29.7 Å². The van der Waals surface area contributed by atoms with Gasteiger partial charge >= 0.3 is 5.97 Å². The third-order valence-electron chi connectivity index (χ3n) is 7.75. The number of benzene rings is 1. The van der Waals surface area contributed by atoms with Crippen molar-refractivity contribution < 1.29 is 19.1 Å². The zero-order chi connectivity index (χ0) is 23.1. The number of aliphatic carboxylic acids is 1. The summed E-state index contributed by atoms with van der Waals surface area (Å²) in [4.78, 5) is 30.6. The fraction of sp³-hybridized carbons (Fsp3) is 0.481. The fourth-order valence-corrected chi connectivity index (χ4v) is 6.18. The van der Waals surface area contributed by atoms with Crippen molar-refractivity contribution in [2.75, 3.05) is 6.54 Å². The summed E-state index contributed by atoms with van der Waals surface area (Å²) in [6.45, 7) is 4.78. The van der Waals surface area contributed by atoms with E-state index in [9.17, 15) is 14.7 Å². The zero-order valence-electron chi connectivity index (χ0n) is 19.3. The average Bonchev–Trinajstić information content (AvgIpc) is 3.44. The minimum Gasteiger partial charge on any atom is -0.481 e. The Morgan fingerprint density at radius 2 is 2.03 bits per heavy atom. The molecule has 1 saturated heterocycles. The fourth-order valence-electron chi connectivity index (χ4n) is 6.18. The number of carboxylic acid groups (broad SMARTS) is 1. The first-order valence-corrected chi connectivity index (χ1v) is 12.1. The van der Waals surface area contributed by atoms with Crippen molar-refractivity contribution in [2.45, 2.75) is 64.3 Å². The summed E-state index contributed by atoms with van der Waals surface area (Å²) in [5.41, 5.74) is 3.18. The summed E-state index contributed by atoms with van der Waals surface area (Å²) in [5.74, 6) is 0.946. The smallest absolute Gasteiger partial charge is 0.306 e. The highest BCUT2D eigenvalue weighted by atomic mass is 16.4. The van der Waals surface area contributed by atoms with Gasteiger partial charge in [-0.2, -0.15) is 0 Å². The molecule has 3 heterocycles. The van der Waals surface area contributed by atoms with Gasteiger partial charge in [-0.05, 0) is 68.2 Å².